The number of pyridine rings is 2. The van der Waals surface area contributed by atoms with Crippen molar-refractivity contribution in [2.75, 3.05) is 0 Å². The van der Waals surface area contributed by atoms with Gasteiger partial charge in [0.25, 0.3) is 11.1 Å². The SMILES string of the molecule is Cc1nn(C)c2c1c(-c1ccccc1)cc(=O)n2Cc1cc(=O)n2ccccc2n1. The van der Waals surface area contributed by atoms with Crippen LogP contribution in [0.15, 0.2) is 76.4 Å². The first kappa shape index (κ1) is 18.1. The summed E-state index contributed by atoms with van der Waals surface area (Å²) in [6, 6.07) is 18.3. The maximum absolute atomic E-state index is 13.2. The Hall–Kier alpha value is -4.00. The van der Waals surface area contributed by atoms with E-state index >= 15 is 0 Å². The molecular formula is C23H19N5O2. The fourth-order valence-electron chi connectivity index (χ4n) is 3.99. The first-order valence-corrected chi connectivity index (χ1v) is 9.63. The van der Waals surface area contributed by atoms with Crippen molar-refractivity contribution in [1.82, 2.24) is 23.7 Å². The van der Waals surface area contributed by atoms with Gasteiger partial charge in [-0.05, 0) is 30.2 Å². The molecule has 0 aliphatic carbocycles. The average Bonchev–Trinajstić information content (AvgIpc) is 3.04. The van der Waals surface area contributed by atoms with Gasteiger partial charge >= 0.3 is 0 Å². The molecule has 0 unspecified atom stereocenters. The highest BCUT2D eigenvalue weighted by Crippen LogP contribution is 2.29. The first-order valence-electron chi connectivity index (χ1n) is 9.63. The molecule has 0 aliphatic heterocycles. The fraction of sp³-hybridized carbons (Fsp3) is 0.130. The Bertz CT molecular complexity index is 1530. The van der Waals surface area contributed by atoms with Gasteiger partial charge in [0.05, 0.1) is 17.9 Å². The van der Waals surface area contributed by atoms with Gasteiger partial charge in [0, 0.05) is 30.8 Å². The second-order valence-corrected chi connectivity index (χ2v) is 7.27. The quantitative estimate of drug-likeness (QED) is 0.469. The van der Waals surface area contributed by atoms with Crippen LogP contribution in [0.4, 0.5) is 0 Å². The van der Waals surface area contributed by atoms with Gasteiger partial charge in [-0.2, -0.15) is 5.10 Å². The summed E-state index contributed by atoms with van der Waals surface area (Å²) in [5, 5.41) is 5.48. The number of benzene rings is 1. The average molecular weight is 397 g/mol. The lowest BCUT2D eigenvalue weighted by molar-refractivity contribution is 0.699. The zero-order valence-electron chi connectivity index (χ0n) is 16.6. The lowest BCUT2D eigenvalue weighted by Crippen LogP contribution is -2.24. The van der Waals surface area contributed by atoms with E-state index < -0.39 is 0 Å². The van der Waals surface area contributed by atoms with E-state index in [0.717, 1.165) is 22.2 Å². The topological polar surface area (TPSA) is 74.2 Å². The number of aromatic nitrogens is 5. The van der Waals surface area contributed by atoms with Gasteiger partial charge in [-0.1, -0.05) is 36.4 Å². The van der Waals surface area contributed by atoms with Crippen molar-refractivity contribution in [3.8, 4) is 11.1 Å². The van der Waals surface area contributed by atoms with E-state index in [9.17, 15) is 9.59 Å². The van der Waals surface area contributed by atoms with Crippen molar-refractivity contribution in [3.63, 3.8) is 0 Å². The minimum Gasteiger partial charge on any atom is -0.287 e. The van der Waals surface area contributed by atoms with Crippen molar-refractivity contribution < 1.29 is 0 Å². The standard InChI is InChI=1S/C23H19N5O2/c1-15-22-18(16-8-4-3-5-9-16)13-21(30)28(23(22)26(2)25-15)14-17-12-20(29)27-11-7-6-10-19(27)24-17/h3-13H,14H2,1-2H3. The normalized spacial score (nSPS) is 11.4. The van der Waals surface area contributed by atoms with Crippen molar-refractivity contribution >= 4 is 16.7 Å². The number of nitrogens with zero attached hydrogens (tertiary/aromatic N) is 5. The molecule has 7 nitrogen and oxygen atoms in total. The predicted molar refractivity (Wildman–Crippen MR) is 116 cm³/mol. The summed E-state index contributed by atoms with van der Waals surface area (Å²) < 4.78 is 4.82. The van der Waals surface area contributed by atoms with Crippen LogP contribution in [0, 0.1) is 6.92 Å². The van der Waals surface area contributed by atoms with Crippen molar-refractivity contribution in [2.24, 2.45) is 7.05 Å². The Kier molecular flexibility index (Phi) is 4.10. The maximum atomic E-state index is 13.2. The molecule has 0 fully saturated rings. The van der Waals surface area contributed by atoms with Crippen LogP contribution in [0.1, 0.15) is 11.4 Å². The molecule has 30 heavy (non-hydrogen) atoms. The van der Waals surface area contributed by atoms with Crippen LogP contribution in [-0.2, 0) is 13.6 Å². The molecule has 0 atom stereocenters. The molecule has 148 valence electrons. The van der Waals surface area contributed by atoms with Gasteiger partial charge in [0.15, 0.2) is 0 Å². The molecule has 0 aliphatic rings. The van der Waals surface area contributed by atoms with Crippen LogP contribution in [0.2, 0.25) is 0 Å². The monoisotopic (exact) mass is 397 g/mol. The largest absolute Gasteiger partial charge is 0.287 e. The molecule has 0 bridgehead atoms. The van der Waals surface area contributed by atoms with E-state index in [1.54, 1.807) is 33.6 Å². The third kappa shape index (κ3) is 2.83. The zero-order valence-corrected chi connectivity index (χ0v) is 16.6. The molecule has 0 radical (unpaired) electrons. The third-order valence-corrected chi connectivity index (χ3v) is 5.28. The molecule has 0 saturated heterocycles. The molecule has 7 heteroatoms. The van der Waals surface area contributed by atoms with E-state index in [4.69, 9.17) is 0 Å². The van der Waals surface area contributed by atoms with E-state index in [-0.39, 0.29) is 17.7 Å². The summed E-state index contributed by atoms with van der Waals surface area (Å²) in [7, 11) is 1.82. The second-order valence-electron chi connectivity index (χ2n) is 7.27. The zero-order chi connectivity index (χ0) is 20.8. The highest BCUT2D eigenvalue weighted by molar-refractivity contribution is 5.95. The molecule has 0 amide bonds. The van der Waals surface area contributed by atoms with Gasteiger partial charge in [-0.25, -0.2) is 4.98 Å². The van der Waals surface area contributed by atoms with Crippen LogP contribution in [-0.4, -0.2) is 23.7 Å². The molecule has 4 aromatic heterocycles. The summed E-state index contributed by atoms with van der Waals surface area (Å²) >= 11 is 0. The lowest BCUT2D eigenvalue weighted by Gasteiger charge is -2.12. The van der Waals surface area contributed by atoms with E-state index in [1.807, 2.05) is 50.4 Å². The fourth-order valence-corrected chi connectivity index (χ4v) is 3.99. The van der Waals surface area contributed by atoms with Crippen LogP contribution in [0.5, 0.6) is 0 Å². The molecule has 0 saturated carbocycles. The van der Waals surface area contributed by atoms with Gasteiger partial charge in [0.1, 0.15) is 11.3 Å². The summed E-state index contributed by atoms with van der Waals surface area (Å²) in [5.41, 5.74) is 4.09. The Morgan fingerprint density at radius 2 is 1.70 bits per heavy atom. The number of rotatable bonds is 3. The van der Waals surface area contributed by atoms with Crippen LogP contribution >= 0.6 is 0 Å². The molecule has 5 rings (SSSR count). The molecule has 5 aromatic rings. The Morgan fingerprint density at radius 3 is 2.50 bits per heavy atom. The summed E-state index contributed by atoms with van der Waals surface area (Å²) in [5.74, 6) is 0. The first-order chi connectivity index (χ1) is 14.5. The van der Waals surface area contributed by atoms with Gasteiger partial charge in [-0.15, -0.1) is 0 Å². The van der Waals surface area contributed by atoms with E-state index in [0.29, 0.717) is 17.0 Å². The van der Waals surface area contributed by atoms with Crippen LogP contribution in [0.3, 0.4) is 0 Å². The number of fused-ring (bicyclic) bond motifs is 2. The van der Waals surface area contributed by atoms with Crippen molar-refractivity contribution in [1.29, 1.82) is 0 Å². The summed E-state index contributed by atoms with van der Waals surface area (Å²) in [6.07, 6.45) is 1.68. The van der Waals surface area contributed by atoms with Crippen molar-refractivity contribution in [2.45, 2.75) is 13.5 Å². The van der Waals surface area contributed by atoms with Crippen LogP contribution in [0.25, 0.3) is 27.8 Å². The predicted octanol–water partition coefficient (Wildman–Crippen LogP) is 2.77. The number of hydrogen-bond acceptors (Lipinski definition) is 4. The molecule has 1 aromatic carbocycles. The van der Waals surface area contributed by atoms with Gasteiger partial charge < -0.3 is 0 Å². The van der Waals surface area contributed by atoms with Crippen molar-refractivity contribution in [3.05, 3.63) is 99.0 Å². The van der Waals surface area contributed by atoms with Gasteiger partial charge in [0.2, 0.25) is 0 Å². The van der Waals surface area contributed by atoms with Crippen LogP contribution < -0.4 is 11.1 Å². The Labute approximate surface area is 171 Å². The maximum Gasteiger partial charge on any atom is 0.258 e. The Morgan fingerprint density at radius 1 is 0.933 bits per heavy atom. The van der Waals surface area contributed by atoms with E-state index in [1.165, 1.54) is 10.5 Å². The smallest absolute Gasteiger partial charge is 0.258 e. The lowest BCUT2D eigenvalue weighted by atomic mass is 10.0. The molecular weight excluding hydrogens is 378 g/mol. The third-order valence-electron chi connectivity index (χ3n) is 5.28. The number of hydrogen-bond donors (Lipinski definition) is 0. The minimum absolute atomic E-state index is 0.167. The second kappa shape index (κ2) is 6.81. The Balaban J connectivity index is 1.74. The highest BCUT2D eigenvalue weighted by Gasteiger charge is 2.18. The number of aryl methyl sites for hydroxylation is 2. The summed E-state index contributed by atoms with van der Waals surface area (Å²) in [6.45, 7) is 2.12. The van der Waals surface area contributed by atoms with Gasteiger partial charge in [-0.3, -0.25) is 23.2 Å². The molecule has 0 N–H and O–H groups in total. The van der Waals surface area contributed by atoms with E-state index in [2.05, 4.69) is 10.1 Å². The minimum atomic E-state index is -0.179. The molecule has 4 heterocycles. The highest BCUT2D eigenvalue weighted by atomic mass is 16.1. The molecule has 0 spiro atoms. The summed E-state index contributed by atoms with van der Waals surface area (Å²) in [4.78, 5) is 30.2.